The quantitative estimate of drug-likeness (QED) is 0.818. The molecule has 6 heteroatoms. The highest BCUT2D eigenvalue weighted by molar-refractivity contribution is 6.34. The predicted octanol–water partition coefficient (Wildman–Crippen LogP) is 1.94. The monoisotopic (exact) mass is 272 g/mol. The van der Waals surface area contributed by atoms with E-state index in [0.717, 1.165) is 6.21 Å². The average molecular weight is 273 g/mol. The Hall–Kier alpha value is -2.58. The molecule has 1 heterocycles. The smallest absolute Gasteiger partial charge is 0.276 e. The van der Waals surface area contributed by atoms with Crippen molar-refractivity contribution in [2.45, 2.75) is 0 Å². The maximum absolute atomic E-state index is 12.2. The molecule has 5 nitrogen and oxygen atoms in total. The van der Waals surface area contributed by atoms with Gasteiger partial charge in [-0.3, -0.25) is 9.36 Å². The van der Waals surface area contributed by atoms with Crippen LogP contribution in [0.1, 0.15) is 11.1 Å². The molecule has 0 unspecified atom stereocenters. The molecule has 0 spiro atoms. The van der Waals surface area contributed by atoms with Gasteiger partial charge in [-0.05, 0) is 12.1 Å². The lowest BCUT2D eigenvalue weighted by Crippen LogP contribution is -2.26. The van der Waals surface area contributed by atoms with Crippen LogP contribution in [0.3, 0.4) is 0 Å². The number of halogens is 1. The number of hydrogen-bond donors (Lipinski definition) is 2. The number of rotatable bonds is 2. The number of aromatic nitrogens is 1. The number of nitriles is 1. The molecule has 1 aromatic carbocycles. The van der Waals surface area contributed by atoms with Crippen LogP contribution in [0.4, 0.5) is 5.82 Å². The Morgan fingerprint density at radius 3 is 2.53 bits per heavy atom. The van der Waals surface area contributed by atoms with Crippen LogP contribution in [0.5, 0.6) is 0 Å². The van der Waals surface area contributed by atoms with E-state index in [1.54, 1.807) is 36.4 Å². The first-order valence-electron chi connectivity index (χ1n) is 5.31. The number of nitrogens with zero attached hydrogens (tertiary/aromatic N) is 2. The van der Waals surface area contributed by atoms with Crippen molar-refractivity contribution in [2.75, 3.05) is 5.73 Å². The third-order valence-electron chi connectivity index (χ3n) is 2.66. The van der Waals surface area contributed by atoms with Crippen LogP contribution in [-0.4, -0.2) is 10.8 Å². The Morgan fingerprint density at radius 2 is 2.00 bits per heavy atom. The molecular weight excluding hydrogens is 264 g/mol. The van der Waals surface area contributed by atoms with Gasteiger partial charge < -0.3 is 11.1 Å². The van der Waals surface area contributed by atoms with Crippen LogP contribution in [0.15, 0.2) is 35.1 Å². The van der Waals surface area contributed by atoms with Gasteiger partial charge in [0.2, 0.25) is 0 Å². The van der Waals surface area contributed by atoms with Gasteiger partial charge in [-0.2, -0.15) is 5.26 Å². The zero-order chi connectivity index (χ0) is 14.0. The molecule has 0 aliphatic carbocycles. The van der Waals surface area contributed by atoms with Crippen molar-refractivity contribution in [2.24, 2.45) is 0 Å². The van der Waals surface area contributed by atoms with Crippen molar-refractivity contribution in [1.82, 2.24) is 4.57 Å². The van der Waals surface area contributed by atoms with Gasteiger partial charge in [0.05, 0.1) is 16.3 Å². The molecule has 0 amide bonds. The summed E-state index contributed by atoms with van der Waals surface area (Å²) in [5.74, 6) is 0.0372. The third-order valence-corrected chi connectivity index (χ3v) is 3.05. The van der Waals surface area contributed by atoms with Crippen molar-refractivity contribution < 1.29 is 0 Å². The summed E-state index contributed by atoms with van der Waals surface area (Å²) in [5.41, 5.74) is 5.72. The summed E-state index contributed by atoms with van der Waals surface area (Å²) in [6.07, 6.45) is 0.928. The molecule has 0 fully saturated rings. The molecule has 0 atom stereocenters. The summed E-state index contributed by atoms with van der Waals surface area (Å²) in [6, 6.07) is 10.4. The lowest BCUT2D eigenvalue weighted by molar-refractivity contribution is 0.994. The summed E-state index contributed by atoms with van der Waals surface area (Å²) < 4.78 is 1.17. The first kappa shape index (κ1) is 12.9. The molecule has 94 valence electrons. The Kier molecular flexibility index (Phi) is 3.36. The minimum absolute atomic E-state index is 0.0372. The Balaban J connectivity index is 2.94. The van der Waals surface area contributed by atoms with E-state index in [1.165, 1.54) is 4.57 Å². The lowest BCUT2D eigenvalue weighted by atomic mass is 10.1. The van der Waals surface area contributed by atoms with Crippen LogP contribution < -0.4 is 11.3 Å². The number of nitrogen functional groups attached to an aromatic ring is 1. The van der Waals surface area contributed by atoms with Gasteiger partial charge in [-0.1, -0.05) is 29.8 Å². The molecule has 2 rings (SSSR count). The van der Waals surface area contributed by atoms with Crippen LogP contribution in [0.2, 0.25) is 5.02 Å². The minimum Gasteiger partial charge on any atom is -0.384 e. The lowest BCUT2D eigenvalue weighted by Gasteiger charge is -2.13. The van der Waals surface area contributed by atoms with Crippen LogP contribution in [-0.2, 0) is 0 Å². The predicted molar refractivity (Wildman–Crippen MR) is 74.1 cm³/mol. The summed E-state index contributed by atoms with van der Waals surface area (Å²) in [5, 5.41) is 16.2. The van der Waals surface area contributed by atoms with E-state index < -0.39 is 5.56 Å². The highest BCUT2D eigenvalue weighted by atomic mass is 35.5. The van der Waals surface area contributed by atoms with Gasteiger partial charge in [-0.15, -0.1) is 0 Å². The number of nitrogens with one attached hydrogen (secondary N) is 1. The molecule has 3 N–H and O–H groups in total. The molecule has 0 radical (unpaired) electrons. The summed E-state index contributed by atoms with van der Waals surface area (Å²) in [4.78, 5) is 12.2. The second-order valence-corrected chi connectivity index (χ2v) is 4.10. The van der Waals surface area contributed by atoms with Gasteiger partial charge in [-0.25, -0.2) is 0 Å². The van der Waals surface area contributed by atoms with Crippen molar-refractivity contribution >= 4 is 23.6 Å². The Morgan fingerprint density at radius 1 is 1.37 bits per heavy atom. The second-order valence-electron chi connectivity index (χ2n) is 3.72. The van der Waals surface area contributed by atoms with Gasteiger partial charge >= 0.3 is 0 Å². The van der Waals surface area contributed by atoms with E-state index in [9.17, 15) is 4.79 Å². The molecular formula is C13H9ClN4O. The normalized spacial score (nSPS) is 9.89. The number of anilines is 1. The first-order chi connectivity index (χ1) is 9.11. The highest BCUT2D eigenvalue weighted by Gasteiger charge is 2.18. The van der Waals surface area contributed by atoms with Gasteiger partial charge in [0, 0.05) is 6.21 Å². The van der Waals surface area contributed by atoms with Crippen LogP contribution >= 0.6 is 11.6 Å². The van der Waals surface area contributed by atoms with Crippen LogP contribution in [0.25, 0.3) is 5.69 Å². The number of nitrogens with two attached hydrogens (primary N) is 1. The number of benzene rings is 1. The van der Waals surface area contributed by atoms with E-state index in [2.05, 4.69) is 0 Å². The van der Waals surface area contributed by atoms with Crippen LogP contribution in [0, 0.1) is 16.7 Å². The van der Waals surface area contributed by atoms with E-state index >= 15 is 0 Å². The SMILES string of the molecule is N#Cc1c(Cl)c(C=N)c(N)n(-c2ccccc2)c1=O. The molecule has 0 aliphatic heterocycles. The average Bonchev–Trinajstić information content (AvgIpc) is 2.41. The summed E-state index contributed by atoms with van der Waals surface area (Å²) in [7, 11) is 0. The number of hydrogen-bond acceptors (Lipinski definition) is 4. The molecule has 0 saturated carbocycles. The minimum atomic E-state index is -0.596. The zero-order valence-corrected chi connectivity index (χ0v) is 10.5. The van der Waals surface area contributed by atoms with Crippen molar-refractivity contribution in [3.63, 3.8) is 0 Å². The Labute approximate surface area is 114 Å². The molecule has 1 aromatic heterocycles. The standard InChI is InChI=1S/C13H9ClN4O/c14-11-9(6-15)12(17)18(13(19)10(11)7-16)8-4-2-1-3-5-8/h1-6,15H,17H2. The number of pyridine rings is 1. The van der Waals surface area contributed by atoms with E-state index in [0.29, 0.717) is 5.69 Å². The van der Waals surface area contributed by atoms with E-state index in [-0.39, 0.29) is 22.0 Å². The fourth-order valence-electron chi connectivity index (χ4n) is 1.75. The van der Waals surface area contributed by atoms with Crippen molar-refractivity contribution in [3.8, 4) is 11.8 Å². The van der Waals surface area contributed by atoms with E-state index in [1.807, 2.05) is 0 Å². The maximum Gasteiger partial charge on any atom is 0.276 e. The zero-order valence-electron chi connectivity index (χ0n) is 9.72. The first-order valence-corrected chi connectivity index (χ1v) is 5.69. The Bertz CT molecular complexity index is 744. The highest BCUT2D eigenvalue weighted by Crippen LogP contribution is 2.23. The molecule has 0 saturated heterocycles. The largest absolute Gasteiger partial charge is 0.384 e. The maximum atomic E-state index is 12.2. The summed E-state index contributed by atoms with van der Waals surface area (Å²) in [6.45, 7) is 0. The molecule has 0 bridgehead atoms. The van der Waals surface area contributed by atoms with Gasteiger partial charge in [0.25, 0.3) is 5.56 Å². The van der Waals surface area contributed by atoms with Gasteiger partial charge in [0.15, 0.2) is 0 Å². The molecule has 0 aliphatic rings. The fraction of sp³-hybridized carbons (Fsp3) is 0. The van der Waals surface area contributed by atoms with Gasteiger partial charge in [0.1, 0.15) is 17.5 Å². The van der Waals surface area contributed by atoms with Crippen molar-refractivity contribution in [3.05, 3.63) is 56.8 Å². The second kappa shape index (κ2) is 4.96. The van der Waals surface area contributed by atoms with Crippen molar-refractivity contribution in [1.29, 1.82) is 10.7 Å². The third kappa shape index (κ3) is 1.98. The molecule has 2 aromatic rings. The molecule has 19 heavy (non-hydrogen) atoms. The number of para-hydroxylation sites is 1. The topological polar surface area (TPSA) is 95.7 Å². The van der Waals surface area contributed by atoms with E-state index in [4.69, 9.17) is 28.0 Å². The summed E-state index contributed by atoms with van der Waals surface area (Å²) >= 11 is 5.91. The fourth-order valence-corrected chi connectivity index (χ4v) is 2.02.